The number of nitrogens with one attached hydrogen (secondary N) is 1. The topological polar surface area (TPSA) is 54.7 Å². The molecule has 0 saturated carbocycles. The second-order valence-corrected chi connectivity index (χ2v) is 4.30. The molecule has 3 rings (SSSR count). The molecular weight excluding hydrogens is 210 g/mol. The lowest BCUT2D eigenvalue weighted by Gasteiger charge is -2.00. The van der Waals surface area contributed by atoms with Crippen LogP contribution in [0.25, 0.3) is 21.9 Å². The number of aromatic amines is 1. The van der Waals surface area contributed by atoms with E-state index in [0.717, 1.165) is 30.6 Å². The van der Waals surface area contributed by atoms with Gasteiger partial charge >= 0.3 is 0 Å². The van der Waals surface area contributed by atoms with Gasteiger partial charge in [-0.25, -0.2) is 4.98 Å². The van der Waals surface area contributed by atoms with Gasteiger partial charge in [-0.05, 0) is 49.2 Å². The van der Waals surface area contributed by atoms with Crippen LogP contribution >= 0.6 is 0 Å². The lowest BCUT2D eigenvalue weighted by Crippen LogP contribution is -2.00. The molecular formula is C14H15N3. The molecule has 2 heterocycles. The third kappa shape index (κ3) is 1.78. The molecule has 2 aromatic heterocycles. The highest BCUT2D eigenvalue weighted by Crippen LogP contribution is 2.24. The Morgan fingerprint density at radius 2 is 2.12 bits per heavy atom. The van der Waals surface area contributed by atoms with Crippen molar-refractivity contribution < 1.29 is 0 Å². The van der Waals surface area contributed by atoms with Gasteiger partial charge < -0.3 is 10.7 Å². The third-order valence-electron chi connectivity index (χ3n) is 3.10. The van der Waals surface area contributed by atoms with Gasteiger partial charge in [-0.1, -0.05) is 6.07 Å². The van der Waals surface area contributed by atoms with Gasteiger partial charge in [0.1, 0.15) is 5.65 Å². The zero-order valence-corrected chi connectivity index (χ0v) is 9.61. The zero-order valence-electron chi connectivity index (χ0n) is 9.61. The van der Waals surface area contributed by atoms with Gasteiger partial charge in [0.2, 0.25) is 0 Å². The first-order chi connectivity index (χ1) is 8.38. The highest BCUT2D eigenvalue weighted by molar-refractivity contribution is 6.05. The summed E-state index contributed by atoms with van der Waals surface area (Å²) in [5.41, 5.74) is 8.99. The van der Waals surface area contributed by atoms with Crippen LogP contribution in [0.4, 0.5) is 0 Å². The molecule has 3 heteroatoms. The fourth-order valence-electron chi connectivity index (χ4n) is 2.23. The fourth-order valence-corrected chi connectivity index (χ4v) is 2.23. The van der Waals surface area contributed by atoms with E-state index in [1.165, 1.54) is 16.3 Å². The molecule has 0 saturated heterocycles. The van der Waals surface area contributed by atoms with Gasteiger partial charge in [0.15, 0.2) is 0 Å². The zero-order chi connectivity index (χ0) is 11.7. The second kappa shape index (κ2) is 4.18. The van der Waals surface area contributed by atoms with Crippen LogP contribution in [0, 0.1) is 0 Å². The van der Waals surface area contributed by atoms with Crippen molar-refractivity contribution in [2.45, 2.75) is 12.8 Å². The Morgan fingerprint density at radius 1 is 1.18 bits per heavy atom. The smallest absolute Gasteiger partial charge is 0.138 e. The van der Waals surface area contributed by atoms with Crippen molar-refractivity contribution in [1.82, 2.24) is 9.97 Å². The number of H-pyrrole nitrogens is 1. The number of aromatic nitrogens is 2. The van der Waals surface area contributed by atoms with Crippen molar-refractivity contribution in [2.24, 2.45) is 5.73 Å². The number of nitrogens with two attached hydrogens (primary N) is 1. The van der Waals surface area contributed by atoms with Crippen molar-refractivity contribution in [3.63, 3.8) is 0 Å². The molecule has 0 aliphatic heterocycles. The van der Waals surface area contributed by atoms with E-state index in [1.807, 2.05) is 12.3 Å². The van der Waals surface area contributed by atoms with Gasteiger partial charge in [-0.2, -0.15) is 0 Å². The van der Waals surface area contributed by atoms with E-state index in [-0.39, 0.29) is 0 Å². The molecule has 3 nitrogen and oxygen atoms in total. The molecule has 3 N–H and O–H groups in total. The number of hydrogen-bond acceptors (Lipinski definition) is 2. The molecule has 0 amide bonds. The monoisotopic (exact) mass is 225 g/mol. The number of benzene rings is 1. The van der Waals surface area contributed by atoms with Gasteiger partial charge in [-0.3, -0.25) is 0 Å². The van der Waals surface area contributed by atoms with Crippen LogP contribution in [0.15, 0.2) is 36.5 Å². The summed E-state index contributed by atoms with van der Waals surface area (Å²) in [6.07, 6.45) is 3.89. The van der Waals surface area contributed by atoms with E-state index in [0.29, 0.717) is 0 Å². The highest BCUT2D eigenvalue weighted by atomic mass is 14.8. The lowest BCUT2D eigenvalue weighted by molar-refractivity contribution is 0.833. The van der Waals surface area contributed by atoms with Gasteiger partial charge in [0.05, 0.1) is 0 Å². The van der Waals surface area contributed by atoms with E-state index < -0.39 is 0 Å². The maximum Gasteiger partial charge on any atom is 0.138 e. The molecule has 0 radical (unpaired) electrons. The Hall–Kier alpha value is -1.87. The minimum Gasteiger partial charge on any atom is -0.339 e. The van der Waals surface area contributed by atoms with E-state index in [2.05, 4.69) is 34.2 Å². The minimum atomic E-state index is 0.744. The van der Waals surface area contributed by atoms with Crippen LogP contribution in [0.1, 0.15) is 12.0 Å². The Balaban J connectivity index is 2.16. The predicted molar refractivity (Wildman–Crippen MR) is 71.0 cm³/mol. The third-order valence-corrected chi connectivity index (χ3v) is 3.10. The maximum absolute atomic E-state index is 5.54. The van der Waals surface area contributed by atoms with Crippen LogP contribution in [-0.4, -0.2) is 16.5 Å². The Morgan fingerprint density at radius 3 is 3.00 bits per heavy atom. The molecule has 0 aliphatic carbocycles. The highest BCUT2D eigenvalue weighted by Gasteiger charge is 2.04. The number of fused-ring (bicyclic) bond motifs is 3. The Kier molecular flexibility index (Phi) is 2.53. The second-order valence-electron chi connectivity index (χ2n) is 4.30. The standard InChI is InChI=1S/C14H15N3/c15-7-1-3-10-5-6-13-12(9-10)11-4-2-8-16-14(11)17-13/h2,4-6,8-9H,1,3,7,15H2,(H,16,17). The Bertz CT molecular complexity index is 655. The van der Waals surface area contributed by atoms with Crippen LogP contribution < -0.4 is 5.73 Å². The van der Waals surface area contributed by atoms with Crippen LogP contribution in [0.2, 0.25) is 0 Å². The van der Waals surface area contributed by atoms with Crippen molar-refractivity contribution in [1.29, 1.82) is 0 Å². The average molecular weight is 225 g/mol. The summed E-state index contributed by atoms with van der Waals surface area (Å²) in [5.74, 6) is 0. The van der Waals surface area contributed by atoms with Crippen molar-refractivity contribution in [2.75, 3.05) is 6.54 Å². The molecule has 0 unspecified atom stereocenters. The summed E-state index contributed by atoms with van der Waals surface area (Å²) in [6.45, 7) is 0.744. The first-order valence-corrected chi connectivity index (χ1v) is 5.94. The predicted octanol–water partition coefficient (Wildman–Crippen LogP) is 2.61. The molecule has 0 fully saturated rings. The number of rotatable bonds is 3. The summed E-state index contributed by atoms with van der Waals surface area (Å²) in [7, 11) is 0. The molecule has 0 aliphatic rings. The number of pyridine rings is 1. The SMILES string of the molecule is NCCCc1ccc2[nH]c3ncccc3c2c1. The van der Waals surface area contributed by atoms with Gasteiger partial charge in [0.25, 0.3) is 0 Å². The quantitative estimate of drug-likeness (QED) is 0.720. The molecule has 0 atom stereocenters. The molecule has 17 heavy (non-hydrogen) atoms. The summed E-state index contributed by atoms with van der Waals surface area (Å²) < 4.78 is 0. The first-order valence-electron chi connectivity index (χ1n) is 5.94. The van der Waals surface area contributed by atoms with E-state index in [1.54, 1.807) is 0 Å². The molecule has 86 valence electrons. The first kappa shape index (κ1) is 10.3. The summed E-state index contributed by atoms with van der Waals surface area (Å²) in [4.78, 5) is 7.66. The van der Waals surface area contributed by atoms with Crippen molar-refractivity contribution >= 4 is 21.9 Å². The van der Waals surface area contributed by atoms with E-state index >= 15 is 0 Å². The van der Waals surface area contributed by atoms with E-state index in [4.69, 9.17) is 5.73 Å². The molecule has 3 aromatic rings. The maximum atomic E-state index is 5.54. The summed E-state index contributed by atoms with van der Waals surface area (Å²) in [6, 6.07) is 10.6. The minimum absolute atomic E-state index is 0.744. The van der Waals surface area contributed by atoms with Gasteiger partial charge in [0, 0.05) is 22.5 Å². The Labute approximate surface area is 99.7 Å². The average Bonchev–Trinajstić information content (AvgIpc) is 2.74. The largest absolute Gasteiger partial charge is 0.339 e. The normalized spacial score (nSPS) is 11.4. The molecule has 0 bridgehead atoms. The number of nitrogens with zero attached hydrogens (tertiary/aromatic N) is 1. The van der Waals surface area contributed by atoms with Crippen molar-refractivity contribution in [3.8, 4) is 0 Å². The lowest BCUT2D eigenvalue weighted by atomic mass is 10.1. The van der Waals surface area contributed by atoms with Crippen LogP contribution in [0.3, 0.4) is 0 Å². The van der Waals surface area contributed by atoms with Crippen LogP contribution in [-0.2, 0) is 6.42 Å². The number of aryl methyl sites for hydroxylation is 1. The van der Waals surface area contributed by atoms with Gasteiger partial charge in [-0.15, -0.1) is 0 Å². The van der Waals surface area contributed by atoms with Crippen LogP contribution in [0.5, 0.6) is 0 Å². The van der Waals surface area contributed by atoms with Crippen molar-refractivity contribution in [3.05, 3.63) is 42.1 Å². The number of hydrogen-bond donors (Lipinski definition) is 2. The summed E-state index contributed by atoms with van der Waals surface area (Å²) in [5, 5.41) is 2.44. The fraction of sp³-hybridized carbons (Fsp3) is 0.214. The molecule has 1 aromatic carbocycles. The molecule has 0 spiro atoms. The summed E-state index contributed by atoms with van der Waals surface area (Å²) >= 11 is 0. The van der Waals surface area contributed by atoms with E-state index in [9.17, 15) is 0 Å².